The van der Waals surface area contributed by atoms with Gasteiger partial charge in [0, 0.05) is 27.3 Å². The van der Waals surface area contributed by atoms with Crippen molar-refractivity contribution in [2.24, 2.45) is 11.7 Å². The van der Waals surface area contributed by atoms with Gasteiger partial charge in [-0.3, -0.25) is 9.59 Å². The fourth-order valence-corrected chi connectivity index (χ4v) is 3.88. The topological polar surface area (TPSA) is 93.5 Å². The summed E-state index contributed by atoms with van der Waals surface area (Å²) in [5.41, 5.74) is 5.94. The maximum atomic E-state index is 14.4. The molecule has 0 aromatic heterocycles. The van der Waals surface area contributed by atoms with Crippen LogP contribution in [0.15, 0.2) is 54.6 Å². The lowest BCUT2D eigenvalue weighted by Crippen LogP contribution is -2.27. The van der Waals surface area contributed by atoms with Crippen LogP contribution in [0.4, 0.5) is 25.8 Å². The van der Waals surface area contributed by atoms with Crippen molar-refractivity contribution >= 4 is 51.5 Å². The van der Waals surface area contributed by atoms with E-state index >= 15 is 0 Å². The van der Waals surface area contributed by atoms with Crippen LogP contribution in [0, 0.1) is 21.1 Å². The number of primary amides is 1. The van der Waals surface area contributed by atoms with E-state index in [0.717, 1.165) is 31.4 Å². The van der Waals surface area contributed by atoms with Crippen LogP contribution in [0.3, 0.4) is 0 Å². The minimum absolute atomic E-state index is 0.00885. The Balaban J connectivity index is 1.63. The Bertz CT molecular complexity index is 1230. The number of hydrogen-bond acceptors (Lipinski definition) is 4. The molecule has 33 heavy (non-hydrogen) atoms. The van der Waals surface area contributed by atoms with Crippen LogP contribution in [0.1, 0.15) is 29.6 Å². The van der Waals surface area contributed by atoms with E-state index in [1.165, 1.54) is 12.1 Å². The second-order valence-corrected chi connectivity index (χ2v) is 8.93. The first-order valence-electron chi connectivity index (χ1n) is 10.2. The highest BCUT2D eigenvalue weighted by Gasteiger charge is 2.25. The summed E-state index contributed by atoms with van der Waals surface area (Å²) in [6, 6.07) is 13.0. The molecule has 4 rings (SSSR count). The van der Waals surface area contributed by atoms with Crippen molar-refractivity contribution in [2.45, 2.75) is 19.3 Å². The normalized spacial score (nSPS) is 13.2. The van der Waals surface area contributed by atoms with Crippen LogP contribution in [0.25, 0.3) is 0 Å². The first-order chi connectivity index (χ1) is 15.8. The molecule has 4 N–H and O–H groups in total. The molecule has 0 atom stereocenters. The van der Waals surface area contributed by atoms with Gasteiger partial charge >= 0.3 is 0 Å². The molecule has 6 nitrogen and oxygen atoms in total. The van der Waals surface area contributed by atoms with Gasteiger partial charge in [0.2, 0.25) is 5.91 Å². The molecule has 0 spiro atoms. The first kappa shape index (κ1) is 23.0. The average Bonchev–Trinajstić information content (AvgIpc) is 2.68. The van der Waals surface area contributed by atoms with Crippen molar-refractivity contribution in [1.29, 1.82) is 0 Å². The van der Waals surface area contributed by atoms with Crippen molar-refractivity contribution in [3.63, 3.8) is 0 Å². The Kier molecular flexibility index (Phi) is 6.77. The van der Waals surface area contributed by atoms with Gasteiger partial charge in [-0.15, -0.1) is 0 Å². The summed E-state index contributed by atoms with van der Waals surface area (Å²) in [4.78, 5) is 24.4. The quantitative estimate of drug-likeness (QED) is 0.310. The van der Waals surface area contributed by atoms with Gasteiger partial charge in [0.25, 0.3) is 5.91 Å². The SMILES string of the molecule is NC(=O)c1c(Nc2ccc(I)cc2F)cc(F)cc1Oc1cccc(NC(=O)C2CCC2)c1. The van der Waals surface area contributed by atoms with Gasteiger partial charge in [0.05, 0.1) is 11.4 Å². The summed E-state index contributed by atoms with van der Waals surface area (Å²) < 4.78 is 35.2. The summed E-state index contributed by atoms with van der Waals surface area (Å²) >= 11 is 1.96. The summed E-state index contributed by atoms with van der Waals surface area (Å²) in [6.07, 6.45) is 2.77. The standard InChI is InChI=1S/C24H20F2IN3O3/c25-14-9-20(30-19-8-7-15(27)11-18(19)26)22(23(28)31)21(10-14)33-17-6-2-5-16(12-17)29-24(32)13-3-1-4-13/h2,5-13,30H,1,3-4H2,(H2,28,31)(H,29,32). The number of carbonyl (C=O) groups is 2. The number of benzene rings is 3. The molecule has 170 valence electrons. The van der Waals surface area contributed by atoms with Crippen molar-refractivity contribution in [2.75, 3.05) is 10.6 Å². The van der Waals surface area contributed by atoms with Gasteiger partial charge in [0.15, 0.2) is 0 Å². The molecule has 3 aromatic rings. The van der Waals surface area contributed by atoms with E-state index in [2.05, 4.69) is 10.6 Å². The minimum atomic E-state index is -0.882. The van der Waals surface area contributed by atoms with Gasteiger partial charge in [-0.05, 0) is 71.8 Å². The Morgan fingerprint density at radius 3 is 2.48 bits per heavy atom. The Hall–Kier alpha value is -3.21. The second kappa shape index (κ2) is 9.74. The summed E-state index contributed by atoms with van der Waals surface area (Å²) in [7, 11) is 0. The third kappa shape index (κ3) is 5.41. The lowest BCUT2D eigenvalue weighted by molar-refractivity contribution is -0.122. The predicted molar refractivity (Wildman–Crippen MR) is 130 cm³/mol. The maximum absolute atomic E-state index is 14.4. The zero-order chi connectivity index (χ0) is 23.5. The summed E-state index contributed by atoms with van der Waals surface area (Å²) in [5, 5.41) is 5.56. The van der Waals surface area contributed by atoms with Gasteiger partial charge in [-0.1, -0.05) is 12.5 Å². The van der Waals surface area contributed by atoms with E-state index in [4.69, 9.17) is 10.5 Å². The number of rotatable bonds is 7. The van der Waals surface area contributed by atoms with E-state index < -0.39 is 17.5 Å². The molecule has 0 heterocycles. The fourth-order valence-electron chi connectivity index (χ4n) is 3.43. The number of anilines is 3. The van der Waals surface area contributed by atoms with Crippen molar-refractivity contribution in [3.8, 4) is 11.5 Å². The molecule has 0 aliphatic heterocycles. The van der Waals surface area contributed by atoms with Gasteiger partial charge in [-0.25, -0.2) is 8.78 Å². The fraction of sp³-hybridized carbons (Fsp3) is 0.167. The van der Waals surface area contributed by atoms with E-state index in [9.17, 15) is 18.4 Å². The smallest absolute Gasteiger partial charge is 0.254 e. The molecule has 9 heteroatoms. The molecule has 1 fully saturated rings. The highest BCUT2D eigenvalue weighted by Crippen LogP contribution is 2.35. The predicted octanol–water partition coefficient (Wildman–Crippen LogP) is 5.94. The van der Waals surface area contributed by atoms with E-state index in [1.807, 2.05) is 22.6 Å². The molecular weight excluding hydrogens is 543 g/mol. The highest BCUT2D eigenvalue weighted by atomic mass is 127. The molecular formula is C24H20F2IN3O3. The van der Waals surface area contributed by atoms with E-state index in [-0.39, 0.29) is 40.3 Å². The van der Waals surface area contributed by atoms with Crippen LogP contribution in [0.5, 0.6) is 11.5 Å². The van der Waals surface area contributed by atoms with E-state index in [0.29, 0.717) is 9.26 Å². The van der Waals surface area contributed by atoms with Gasteiger partial charge < -0.3 is 21.1 Å². The zero-order valence-corrected chi connectivity index (χ0v) is 19.5. The third-order valence-electron chi connectivity index (χ3n) is 5.32. The van der Waals surface area contributed by atoms with Crippen LogP contribution in [-0.4, -0.2) is 11.8 Å². The number of halogens is 3. The Morgan fingerprint density at radius 2 is 1.82 bits per heavy atom. The molecule has 1 aliphatic carbocycles. The molecule has 0 saturated heterocycles. The highest BCUT2D eigenvalue weighted by molar-refractivity contribution is 14.1. The number of nitrogens with one attached hydrogen (secondary N) is 2. The lowest BCUT2D eigenvalue weighted by Gasteiger charge is -2.24. The molecule has 0 unspecified atom stereocenters. The second-order valence-electron chi connectivity index (χ2n) is 7.69. The average molecular weight is 563 g/mol. The molecule has 1 saturated carbocycles. The number of nitrogens with two attached hydrogens (primary N) is 1. The van der Waals surface area contributed by atoms with Crippen LogP contribution in [-0.2, 0) is 4.79 Å². The molecule has 1 aliphatic rings. The van der Waals surface area contributed by atoms with Gasteiger partial charge in [0.1, 0.15) is 28.7 Å². The van der Waals surface area contributed by atoms with Crippen LogP contribution < -0.4 is 21.1 Å². The number of hydrogen-bond donors (Lipinski definition) is 3. The molecule has 2 amide bonds. The van der Waals surface area contributed by atoms with Crippen LogP contribution in [0.2, 0.25) is 0 Å². The molecule has 0 radical (unpaired) electrons. The number of amides is 2. The lowest BCUT2D eigenvalue weighted by atomic mass is 9.85. The van der Waals surface area contributed by atoms with Crippen molar-refractivity contribution in [1.82, 2.24) is 0 Å². The Morgan fingerprint density at radius 1 is 1.03 bits per heavy atom. The third-order valence-corrected chi connectivity index (χ3v) is 5.99. The number of carbonyl (C=O) groups excluding carboxylic acids is 2. The maximum Gasteiger partial charge on any atom is 0.254 e. The summed E-state index contributed by atoms with van der Waals surface area (Å²) in [5.74, 6) is -2.09. The monoisotopic (exact) mass is 563 g/mol. The zero-order valence-electron chi connectivity index (χ0n) is 17.3. The van der Waals surface area contributed by atoms with Crippen molar-refractivity contribution in [3.05, 3.63) is 75.4 Å². The first-order valence-corrected chi connectivity index (χ1v) is 11.3. The van der Waals surface area contributed by atoms with Gasteiger partial charge in [-0.2, -0.15) is 0 Å². The largest absolute Gasteiger partial charge is 0.456 e. The van der Waals surface area contributed by atoms with Crippen molar-refractivity contribution < 1.29 is 23.1 Å². The molecule has 0 bridgehead atoms. The van der Waals surface area contributed by atoms with Crippen LogP contribution >= 0.6 is 22.6 Å². The van der Waals surface area contributed by atoms with E-state index in [1.54, 1.807) is 30.3 Å². The summed E-state index contributed by atoms with van der Waals surface area (Å²) in [6.45, 7) is 0. The molecule has 3 aromatic carbocycles. The number of ether oxygens (including phenoxy) is 1. The Labute approximate surface area is 202 Å². The minimum Gasteiger partial charge on any atom is -0.456 e.